The normalized spacial score (nSPS) is 21.7. The molecule has 140 valence electrons. The Hall–Kier alpha value is -1.38. The third-order valence-corrected chi connectivity index (χ3v) is 6.70. The average Bonchev–Trinajstić information content (AvgIpc) is 3.23. The maximum absolute atomic E-state index is 12.7. The van der Waals surface area contributed by atoms with Crippen LogP contribution < -0.4 is 4.72 Å². The van der Waals surface area contributed by atoms with E-state index in [1.807, 2.05) is 4.90 Å². The molecule has 1 N–H and O–H groups in total. The van der Waals surface area contributed by atoms with E-state index in [1.54, 1.807) is 18.5 Å². The van der Waals surface area contributed by atoms with Crippen LogP contribution in [-0.2, 0) is 21.8 Å². The van der Waals surface area contributed by atoms with Gasteiger partial charge in [0.15, 0.2) is 0 Å². The molecule has 8 heteroatoms. The van der Waals surface area contributed by atoms with Gasteiger partial charge in [0.1, 0.15) is 10.6 Å². The van der Waals surface area contributed by atoms with E-state index in [9.17, 15) is 13.2 Å². The Morgan fingerprint density at radius 3 is 2.64 bits per heavy atom. The van der Waals surface area contributed by atoms with Gasteiger partial charge in [-0.25, -0.2) is 13.1 Å². The number of amides is 1. The average molecular weight is 369 g/mol. The molecule has 1 atom stereocenters. The van der Waals surface area contributed by atoms with Crippen molar-refractivity contribution in [3.05, 3.63) is 17.5 Å². The van der Waals surface area contributed by atoms with E-state index >= 15 is 0 Å². The van der Waals surface area contributed by atoms with E-state index in [2.05, 4.69) is 4.72 Å². The molecule has 2 aliphatic rings. The fraction of sp³-hybridized carbons (Fsp3) is 0.706. The minimum absolute atomic E-state index is 0.0618. The summed E-state index contributed by atoms with van der Waals surface area (Å²) in [4.78, 5) is 14.7. The highest BCUT2D eigenvalue weighted by Gasteiger charge is 2.28. The number of piperidine rings is 1. The zero-order chi connectivity index (χ0) is 18.0. The summed E-state index contributed by atoms with van der Waals surface area (Å²) >= 11 is 0. The molecule has 1 aromatic heterocycles. The first-order valence-electron chi connectivity index (χ1n) is 8.97. The van der Waals surface area contributed by atoms with E-state index in [0.717, 1.165) is 45.2 Å². The lowest BCUT2D eigenvalue weighted by atomic mass is 10.1. The van der Waals surface area contributed by atoms with Crippen LogP contribution in [0, 0.1) is 6.92 Å². The van der Waals surface area contributed by atoms with E-state index < -0.39 is 10.0 Å². The number of hydrogen-bond acceptors (Lipinski definition) is 4. The van der Waals surface area contributed by atoms with Crippen molar-refractivity contribution < 1.29 is 17.9 Å². The fourth-order valence-corrected chi connectivity index (χ4v) is 4.85. The molecule has 0 aliphatic carbocycles. The van der Waals surface area contributed by atoms with Gasteiger partial charge in [0, 0.05) is 39.0 Å². The molecule has 0 saturated carbocycles. The molecule has 0 aromatic carbocycles. The maximum atomic E-state index is 12.7. The molecule has 1 aromatic rings. The molecule has 25 heavy (non-hydrogen) atoms. The zero-order valence-corrected chi connectivity index (χ0v) is 15.8. The number of carbonyl (C=O) groups is 1. The molecular weight excluding hydrogens is 342 g/mol. The van der Waals surface area contributed by atoms with Crippen molar-refractivity contribution >= 4 is 15.9 Å². The lowest BCUT2D eigenvalue weighted by Crippen LogP contribution is -2.36. The first kappa shape index (κ1) is 18.4. The molecule has 2 aliphatic heterocycles. The summed E-state index contributed by atoms with van der Waals surface area (Å²) in [6.07, 6.45) is 4.92. The Kier molecular flexibility index (Phi) is 5.50. The number of nitrogens with one attached hydrogen (secondary N) is 1. The lowest BCUT2D eigenvalue weighted by Gasteiger charge is -2.26. The smallest absolute Gasteiger partial charge is 0.270 e. The van der Waals surface area contributed by atoms with Gasteiger partial charge in [-0.2, -0.15) is 0 Å². The second-order valence-corrected chi connectivity index (χ2v) is 8.61. The van der Waals surface area contributed by atoms with E-state index in [1.165, 1.54) is 6.07 Å². The fourth-order valence-electron chi connectivity index (χ4n) is 3.49. The van der Waals surface area contributed by atoms with Crippen LogP contribution in [0.2, 0.25) is 0 Å². The number of carbonyl (C=O) groups excluding carboxylic acids is 1. The van der Waals surface area contributed by atoms with Crippen molar-refractivity contribution in [2.75, 3.05) is 26.2 Å². The van der Waals surface area contributed by atoms with Gasteiger partial charge in [0.25, 0.3) is 5.91 Å². The second kappa shape index (κ2) is 7.47. The van der Waals surface area contributed by atoms with Gasteiger partial charge in [-0.1, -0.05) is 0 Å². The molecule has 3 heterocycles. The first-order valence-corrected chi connectivity index (χ1v) is 10.5. The van der Waals surface area contributed by atoms with Crippen LogP contribution in [-0.4, -0.2) is 56.1 Å². The van der Waals surface area contributed by atoms with Crippen molar-refractivity contribution in [1.82, 2.24) is 14.2 Å². The summed E-state index contributed by atoms with van der Waals surface area (Å²) in [5.41, 5.74) is 0.997. The number of likely N-dealkylation sites (tertiary alicyclic amines) is 1. The monoisotopic (exact) mass is 369 g/mol. The quantitative estimate of drug-likeness (QED) is 0.851. The highest BCUT2D eigenvalue weighted by atomic mass is 32.2. The number of aromatic nitrogens is 1. The highest BCUT2D eigenvalue weighted by molar-refractivity contribution is 7.89. The van der Waals surface area contributed by atoms with Gasteiger partial charge in [0.05, 0.1) is 6.10 Å². The van der Waals surface area contributed by atoms with Gasteiger partial charge in [-0.3, -0.25) is 4.79 Å². The summed E-state index contributed by atoms with van der Waals surface area (Å²) in [5.74, 6) is -0.0918. The number of rotatable bonds is 5. The summed E-state index contributed by atoms with van der Waals surface area (Å²) in [6, 6.07) is 1.50. The molecule has 2 saturated heterocycles. The summed E-state index contributed by atoms with van der Waals surface area (Å²) in [6.45, 7) is 4.16. The van der Waals surface area contributed by atoms with Gasteiger partial charge < -0.3 is 14.2 Å². The number of ether oxygens (including phenoxy) is 1. The first-order chi connectivity index (χ1) is 11.9. The summed E-state index contributed by atoms with van der Waals surface area (Å²) in [7, 11) is -1.92. The van der Waals surface area contributed by atoms with Gasteiger partial charge in [-0.05, 0) is 45.1 Å². The minimum Gasteiger partial charge on any atom is -0.377 e. The highest BCUT2D eigenvalue weighted by Crippen LogP contribution is 2.22. The van der Waals surface area contributed by atoms with Crippen molar-refractivity contribution in [3.8, 4) is 0 Å². The van der Waals surface area contributed by atoms with E-state index in [0.29, 0.717) is 18.0 Å². The molecule has 0 spiro atoms. The van der Waals surface area contributed by atoms with E-state index in [4.69, 9.17) is 4.74 Å². The molecule has 7 nitrogen and oxygen atoms in total. The molecular formula is C17H27N3O4S. The molecule has 1 amide bonds. The van der Waals surface area contributed by atoms with Gasteiger partial charge in [0.2, 0.25) is 10.0 Å². The predicted molar refractivity (Wildman–Crippen MR) is 94.1 cm³/mol. The molecule has 2 fully saturated rings. The largest absolute Gasteiger partial charge is 0.377 e. The van der Waals surface area contributed by atoms with Gasteiger partial charge >= 0.3 is 0 Å². The van der Waals surface area contributed by atoms with Crippen molar-refractivity contribution in [2.24, 2.45) is 7.05 Å². The van der Waals surface area contributed by atoms with Crippen molar-refractivity contribution in [3.63, 3.8) is 0 Å². The molecule has 0 bridgehead atoms. The topological polar surface area (TPSA) is 80.6 Å². The number of hydrogen-bond donors (Lipinski definition) is 1. The Morgan fingerprint density at radius 2 is 2.00 bits per heavy atom. The second-order valence-electron chi connectivity index (χ2n) is 6.88. The van der Waals surface area contributed by atoms with Crippen molar-refractivity contribution in [2.45, 2.75) is 50.0 Å². The van der Waals surface area contributed by atoms with E-state index in [-0.39, 0.29) is 23.5 Å². The van der Waals surface area contributed by atoms with Crippen LogP contribution in [0.5, 0.6) is 0 Å². The Labute approximate surface area is 149 Å². The number of nitrogens with zero attached hydrogens (tertiary/aromatic N) is 2. The van der Waals surface area contributed by atoms with Crippen LogP contribution in [0.3, 0.4) is 0 Å². The Morgan fingerprint density at radius 1 is 1.28 bits per heavy atom. The Bertz CT molecular complexity index is 729. The van der Waals surface area contributed by atoms with Crippen molar-refractivity contribution in [1.29, 1.82) is 0 Å². The molecule has 3 rings (SSSR count). The molecule has 0 radical (unpaired) electrons. The minimum atomic E-state index is -3.67. The third-order valence-electron chi connectivity index (χ3n) is 5.17. The Balaban J connectivity index is 1.78. The predicted octanol–water partition coefficient (Wildman–Crippen LogP) is 1.42. The standard InChI is InChI=1S/C17H27N3O4S/c1-13-16(25(22,23)18-12-14-7-6-10-24-14)11-15(19(13)2)17(21)20-8-4-3-5-9-20/h11,14,18H,3-10,12H2,1-2H3/t14-/m0/s1. The van der Waals surface area contributed by atoms with Crippen LogP contribution >= 0.6 is 0 Å². The van der Waals surface area contributed by atoms with Crippen LogP contribution in [0.25, 0.3) is 0 Å². The SMILES string of the molecule is Cc1c(S(=O)(=O)NC[C@@H]2CCCO2)cc(C(=O)N2CCCCC2)n1C. The lowest BCUT2D eigenvalue weighted by molar-refractivity contribution is 0.0714. The number of sulfonamides is 1. The summed E-state index contributed by atoms with van der Waals surface area (Å²) < 4.78 is 35.1. The zero-order valence-electron chi connectivity index (χ0n) is 15.0. The maximum Gasteiger partial charge on any atom is 0.270 e. The van der Waals surface area contributed by atoms with Gasteiger partial charge in [-0.15, -0.1) is 0 Å². The molecule has 0 unspecified atom stereocenters. The summed E-state index contributed by atoms with van der Waals surface area (Å²) in [5, 5.41) is 0. The van der Waals surface area contributed by atoms with Crippen LogP contribution in [0.15, 0.2) is 11.0 Å². The van der Waals surface area contributed by atoms with Crippen LogP contribution in [0.1, 0.15) is 48.3 Å². The third kappa shape index (κ3) is 3.91. The van der Waals surface area contributed by atoms with Crippen LogP contribution in [0.4, 0.5) is 0 Å².